The van der Waals surface area contributed by atoms with Crippen molar-refractivity contribution in [3.63, 3.8) is 0 Å². The number of carbonyl (C=O) groups excluding carboxylic acids is 1. The zero-order valence-corrected chi connectivity index (χ0v) is 15.8. The van der Waals surface area contributed by atoms with Gasteiger partial charge in [0, 0.05) is 30.9 Å². The first kappa shape index (κ1) is 19.3. The molecule has 2 rings (SSSR count). The van der Waals surface area contributed by atoms with E-state index in [0.717, 1.165) is 18.5 Å². The van der Waals surface area contributed by atoms with E-state index in [9.17, 15) is 9.18 Å². The molecule has 1 aromatic carbocycles. The molecule has 5 nitrogen and oxygen atoms in total. The van der Waals surface area contributed by atoms with Crippen LogP contribution < -0.4 is 10.1 Å². The molecule has 1 unspecified atom stereocenters. The standard InChI is InChI=1S/C19H29FN2O3/c1-13(21-15-6-7-16(20)17(12-15)24-5)14-8-10-22(11-9-14)18(23)25-19(2,3)4/h6-7,12-14,21H,8-11H2,1-5H3. The zero-order valence-electron chi connectivity index (χ0n) is 15.8. The van der Waals surface area contributed by atoms with Gasteiger partial charge in [0.05, 0.1) is 7.11 Å². The first-order chi connectivity index (χ1) is 11.7. The minimum Gasteiger partial charge on any atom is -0.494 e. The van der Waals surface area contributed by atoms with Gasteiger partial charge in [-0.1, -0.05) is 0 Å². The molecule has 0 spiro atoms. The second-order valence-corrected chi connectivity index (χ2v) is 7.59. The molecule has 1 aromatic rings. The summed E-state index contributed by atoms with van der Waals surface area (Å²) < 4.78 is 23.9. The molecule has 0 bridgehead atoms. The number of amides is 1. The minimum absolute atomic E-state index is 0.218. The Morgan fingerprint density at radius 1 is 1.32 bits per heavy atom. The molecule has 1 amide bonds. The Morgan fingerprint density at radius 3 is 2.52 bits per heavy atom. The van der Waals surface area contributed by atoms with Crippen LogP contribution in [-0.2, 0) is 4.74 Å². The quantitative estimate of drug-likeness (QED) is 0.879. The third-order valence-corrected chi connectivity index (χ3v) is 4.44. The van der Waals surface area contributed by atoms with Crippen LogP contribution in [0.25, 0.3) is 0 Å². The number of piperidine rings is 1. The van der Waals surface area contributed by atoms with Gasteiger partial charge in [-0.15, -0.1) is 0 Å². The lowest BCUT2D eigenvalue weighted by atomic mass is 9.90. The van der Waals surface area contributed by atoms with Crippen LogP contribution in [0, 0.1) is 11.7 Å². The van der Waals surface area contributed by atoms with Gasteiger partial charge in [0.25, 0.3) is 0 Å². The second kappa shape index (κ2) is 7.93. The summed E-state index contributed by atoms with van der Waals surface area (Å²) in [6.07, 6.45) is 1.58. The Labute approximate surface area is 149 Å². The molecule has 1 saturated heterocycles. The molecule has 1 fully saturated rings. The predicted octanol–water partition coefficient (Wildman–Crippen LogP) is 4.28. The number of carbonyl (C=O) groups is 1. The van der Waals surface area contributed by atoms with Crippen LogP contribution in [0.3, 0.4) is 0 Å². The van der Waals surface area contributed by atoms with E-state index in [1.165, 1.54) is 13.2 Å². The molecule has 1 N–H and O–H groups in total. The number of nitrogens with one attached hydrogen (secondary N) is 1. The molecule has 1 atom stereocenters. The Bertz CT molecular complexity index is 593. The van der Waals surface area contributed by atoms with Crippen molar-refractivity contribution in [2.24, 2.45) is 5.92 Å². The van der Waals surface area contributed by atoms with Gasteiger partial charge in [0.2, 0.25) is 0 Å². The molecular weight excluding hydrogens is 323 g/mol. The average Bonchev–Trinajstić information content (AvgIpc) is 2.55. The molecule has 140 valence electrons. The van der Waals surface area contributed by atoms with Gasteiger partial charge in [-0.05, 0) is 58.6 Å². The molecular formula is C19H29FN2O3. The number of hydrogen-bond donors (Lipinski definition) is 1. The molecule has 0 aromatic heterocycles. The Kier molecular flexibility index (Phi) is 6.14. The van der Waals surface area contributed by atoms with Gasteiger partial charge in [0.1, 0.15) is 5.60 Å². The normalized spacial score (nSPS) is 17.1. The summed E-state index contributed by atoms with van der Waals surface area (Å²) >= 11 is 0. The van der Waals surface area contributed by atoms with E-state index >= 15 is 0 Å². The molecule has 6 heteroatoms. The summed E-state index contributed by atoms with van der Waals surface area (Å²) in [5, 5.41) is 3.41. The van der Waals surface area contributed by atoms with Crippen LogP contribution in [0.15, 0.2) is 18.2 Å². The fraction of sp³-hybridized carbons (Fsp3) is 0.632. The van der Waals surface area contributed by atoms with Crippen molar-refractivity contribution in [3.8, 4) is 5.75 Å². The predicted molar refractivity (Wildman–Crippen MR) is 96.6 cm³/mol. The Morgan fingerprint density at radius 2 is 1.96 bits per heavy atom. The molecule has 1 aliphatic heterocycles. The summed E-state index contributed by atoms with van der Waals surface area (Å²) in [6.45, 7) is 9.13. The minimum atomic E-state index is -0.468. The van der Waals surface area contributed by atoms with E-state index in [1.807, 2.05) is 20.8 Å². The van der Waals surface area contributed by atoms with Crippen molar-refractivity contribution in [1.82, 2.24) is 4.90 Å². The van der Waals surface area contributed by atoms with E-state index < -0.39 is 5.60 Å². The van der Waals surface area contributed by atoms with Crippen LogP contribution in [0.2, 0.25) is 0 Å². The summed E-state index contributed by atoms with van der Waals surface area (Å²) in [5.41, 5.74) is 0.366. The maximum absolute atomic E-state index is 13.5. The molecule has 0 radical (unpaired) electrons. The molecule has 25 heavy (non-hydrogen) atoms. The third-order valence-electron chi connectivity index (χ3n) is 4.44. The summed E-state index contributed by atoms with van der Waals surface area (Å²) in [7, 11) is 1.46. The Hall–Kier alpha value is -1.98. The van der Waals surface area contributed by atoms with Gasteiger partial charge in [-0.25, -0.2) is 9.18 Å². The van der Waals surface area contributed by atoms with E-state index in [2.05, 4.69) is 12.2 Å². The number of likely N-dealkylation sites (tertiary alicyclic amines) is 1. The fourth-order valence-corrected chi connectivity index (χ4v) is 3.04. The van der Waals surface area contributed by atoms with Crippen molar-refractivity contribution >= 4 is 11.8 Å². The van der Waals surface area contributed by atoms with E-state index in [1.54, 1.807) is 17.0 Å². The monoisotopic (exact) mass is 352 g/mol. The number of benzene rings is 1. The van der Waals surface area contributed by atoms with Crippen molar-refractivity contribution in [2.75, 3.05) is 25.5 Å². The number of nitrogens with zero attached hydrogens (tertiary/aromatic N) is 1. The maximum atomic E-state index is 13.5. The van der Waals surface area contributed by atoms with E-state index in [-0.39, 0.29) is 23.7 Å². The largest absolute Gasteiger partial charge is 0.494 e. The lowest BCUT2D eigenvalue weighted by Crippen LogP contribution is -2.44. The van der Waals surface area contributed by atoms with Crippen LogP contribution in [0.4, 0.5) is 14.9 Å². The second-order valence-electron chi connectivity index (χ2n) is 7.59. The number of hydrogen-bond acceptors (Lipinski definition) is 4. The van der Waals surface area contributed by atoms with Gasteiger partial charge < -0.3 is 19.7 Å². The van der Waals surface area contributed by atoms with Gasteiger partial charge in [0.15, 0.2) is 11.6 Å². The number of anilines is 1. The topological polar surface area (TPSA) is 50.8 Å². The molecule has 1 heterocycles. The third kappa shape index (κ3) is 5.51. The van der Waals surface area contributed by atoms with Crippen LogP contribution in [0.1, 0.15) is 40.5 Å². The van der Waals surface area contributed by atoms with Gasteiger partial charge in [-0.2, -0.15) is 0 Å². The number of rotatable bonds is 4. The van der Waals surface area contributed by atoms with Crippen LogP contribution in [0.5, 0.6) is 5.75 Å². The lowest BCUT2D eigenvalue weighted by molar-refractivity contribution is 0.0179. The lowest BCUT2D eigenvalue weighted by Gasteiger charge is -2.36. The summed E-state index contributed by atoms with van der Waals surface area (Å²) in [6, 6.07) is 5.00. The highest BCUT2D eigenvalue weighted by Gasteiger charge is 2.29. The van der Waals surface area contributed by atoms with Crippen molar-refractivity contribution < 1.29 is 18.7 Å². The van der Waals surface area contributed by atoms with Gasteiger partial charge >= 0.3 is 6.09 Å². The van der Waals surface area contributed by atoms with Crippen molar-refractivity contribution in [3.05, 3.63) is 24.0 Å². The number of halogens is 1. The highest BCUT2D eigenvalue weighted by atomic mass is 19.1. The highest BCUT2D eigenvalue weighted by Crippen LogP contribution is 2.27. The van der Waals surface area contributed by atoms with E-state index in [4.69, 9.17) is 9.47 Å². The smallest absolute Gasteiger partial charge is 0.410 e. The molecule has 0 aliphatic carbocycles. The van der Waals surface area contributed by atoms with E-state index in [0.29, 0.717) is 19.0 Å². The summed E-state index contributed by atoms with van der Waals surface area (Å²) in [5.74, 6) is 0.304. The van der Waals surface area contributed by atoms with Crippen LogP contribution in [-0.4, -0.2) is 42.8 Å². The Balaban J connectivity index is 1.87. The highest BCUT2D eigenvalue weighted by molar-refractivity contribution is 5.68. The number of ether oxygens (including phenoxy) is 2. The van der Waals surface area contributed by atoms with Crippen molar-refractivity contribution in [1.29, 1.82) is 0 Å². The zero-order chi connectivity index (χ0) is 18.6. The average molecular weight is 352 g/mol. The van der Waals surface area contributed by atoms with Crippen LogP contribution >= 0.6 is 0 Å². The van der Waals surface area contributed by atoms with Crippen molar-refractivity contribution in [2.45, 2.75) is 52.2 Å². The maximum Gasteiger partial charge on any atom is 0.410 e. The first-order valence-electron chi connectivity index (χ1n) is 8.77. The fourth-order valence-electron chi connectivity index (χ4n) is 3.04. The molecule has 0 saturated carbocycles. The SMILES string of the molecule is COc1cc(NC(C)C2CCN(C(=O)OC(C)(C)C)CC2)ccc1F. The summed E-state index contributed by atoms with van der Waals surface area (Å²) in [4.78, 5) is 13.9. The molecule has 1 aliphatic rings. The number of methoxy groups -OCH3 is 1. The van der Waals surface area contributed by atoms with Gasteiger partial charge in [-0.3, -0.25) is 0 Å². The first-order valence-corrected chi connectivity index (χ1v) is 8.77.